The van der Waals surface area contributed by atoms with Crippen LogP contribution < -0.4 is 14.5 Å². The number of rotatable bonds is 2. The van der Waals surface area contributed by atoms with Crippen LogP contribution in [-0.2, 0) is 6.42 Å². The fourth-order valence-electron chi connectivity index (χ4n) is 4.24. The van der Waals surface area contributed by atoms with Crippen LogP contribution in [0.3, 0.4) is 0 Å². The van der Waals surface area contributed by atoms with E-state index in [1.54, 1.807) is 0 Å². The number of fused-ring (bicyclic) bond motifs is 2. The molecule has 0 aliphatic carbocycles. The van der Waals surface area contributed by atoms with E-state index in [4.69, 9.17) is 4.74 Å². The van der Waals surface area contributed by atoms with Gasteiger partial charge in [0.25, 0.3) is 0 Å². The van der Waals surface area contributed by atoms with Crippen LogP contribution in [0, 0.1) is 0 Å². The highest BCUT2D eigenvalue weighted by Gasteiger charge is 2.21. The predicted molar refractivity (Wildman–Crippen MR) is 98.7 cm³/mol. The zero-order chi connectivity index (χ0) is 15.9. The lowest BCUT2D eigenvalue weighted by Crippen LogP contribution is -2.18. The lowest BCUT2D eigenvalue weighted by Gasteiger charge is -2.25. The monoisotopic (exact) mass is 320 g/mol. The maximum atomic E-state index is 6.32. The average molecular weight is 320 g/mol. The molecule has 3 heteroatoms. The minimum absolute atomic E-state index is 0.977. The average Bonchev–Trinajstić information content (AvgIpc) is 3.32. The van der Waals surface area contributed by atoms with Crippen molar-refractivity contribution in [2.75, 3.05) is 36.0 Å². The maximum absolute atomic E-state index is 6.32. The standard InChI is InChI=1S/C21H24N2O/c1-2-10-22(9-1)18-7-5-16-13-17-6-8-19(23-11-3-4-12-23)15-21(17)24-20(16)14-18/h5-8,14-15H,1-4,9-13H2. The van der Waals surface area contributed by atoms with Gasteiger partial charge in [-0.25, -0.2) is 0 Å². The van der Waals surface area contributed by atoms with E-state index in [9.17, 15) is 0 Å². The summed E-state index contributed by atoms with van der Waals surface area (Å²) in [6.45, 7) is 4.70. The van der Waals surface area contributed by atoms with Crippen LogP contribution in [-0.4, -0.2) is 26.2 Å². The Labute approximate surface area is 143 Å². The number of anilines is 2. The molecular weight excluding hydrogens is 296 g/mol. The third kappa shape index (κ3) is 2.43. The van der Waals surface area contributed by atoms with Gasteiger partial charge in [0.2, 0.25) is 0 Å². The van der Waals surface area contributed by atoms with Crippen molar-refractivity contribution in [2.24, 2.45) is 0 Å². The molecule has 24 heavy (non-hydrogen) atoms. The molecule has 3 heterocycles. The van der Waals surface area contributed by atoms with Gasteiger partial charge in [0.1, 0.15) is 11.5 Å². The molecule has 0 atom stereocenters. The van der Waals surface area contributed by atoms with Gasteiger partial charge in [-0.3, -0.25) is 0 Å². The second-order valence-electron chi connectivity index (χ2n) is 7.25. The number of hydrogen-bond donors (Lipinski definition) is 0. The highest BCUT2D eigenvalue weighted by Crippen LogP contribution is 2.40. The van der Waals surface area contributed by atoms with E-state index < -0.39 is 0 Å². The molecule has 2 aromatic rings. The Morgan fingerprint density at radius 3 is 1.54 bits per heavy atom. The summed E-state index contributed by atoms with van der Waals surface area (Å²) in [5.74, 6) is 2.09. The molecular formula is C21H24N2O. The Balaban J connectivity index is 1.45. The minimum atomic E-state index is 0.977. The Hall–Kier alpha value is -2.16. The fourth-order valence-corrected chi connectivity index (χ4v) is 4.24. The van der Waals surface area contributed by atoms with Crippen molar-refractivity contribution in [3.8, 4) is 11.5 Å². The summed E-state index contributed by atoms with van der Waals surface area (Å²) in [6.07, 6.45) is 6.20. The van der Waals surface area contributed by atoms with Gasteiger partial charge < -0.3 is 14.5 Å². The molecule has 5 rings (SSSR count). The van der Waals surface area contributed by atoms with Crippen molar-refractivity contribution in [2.45, 2.75) is 32.1 Å². The second kappa shape index (κ2) is 5.73. The van der Waals surface area contributed by atoms with Crippen LogP contribution in [0.1, 0.15) is 36.8 Å². The molecule has 0 amide bonds. The lowest BCUT2D eigenvalue weighted by molar-refractivity contribution is 0.460. The quantitative estimate of drug-likeness (QED) is 0.687. The van der Waals surface area contributed by atoms with Crippen LogP contribution in [0.25, 0.3) is 0 Å². The Morgan fingerprint density at radius 2 is 1.08 bits per heavy atom. The molecule has 3 aliphatic heterocycles. The molecule has 0 aromatic heterocycles. The summed E-state index contributed by atoms with van der Waals surface area (Å²) in [4.78, 5) is 4.94. The van der Waals surface area contributed by atoms with Crippen LogP contribution in [0.4, 0.5) is 11.4 Å². The zero-order valence-electron chi connectivity index (χ0n) is 14.1. The van der Waals surface area contributed by atoms with Crippen LogP contribution in [0.2, 0.25) is 0 Å². The molecule has 0 spiro atoms. The third-order valence-corrected chi connectivity index (χ3v) is 5.64. The number of benzene rings is 2. The van der Waals surface area contributed by atoms with Gasteiger partial charge in [-0.2, -0.15) is 0 Å². The van der Waals surface area contributed by atoms with Crippen molar-refractivity contribution >= 4 is 11.4 Å². The van der Waals surface area contributed by atoms with Gasteiger partial charge in [0, 0.05) is 56.1 Å². The van der Waals surface area contributed by atoms with Crippen molar-refractivity contribution in [3.63, 3.8) is 0 Å². The molecule has 0 radical (unpaired) electrons. The molecule has 2 saturated heterocycles. The van der Waals surface area contributed by atoms with Crippen molar-refractivity contribution in [3.05, 3.63) is 47.5 Å². The molecule has 3 aliphatic rings. The number of ether oxygens (including phenoxy) is 1. The smallest absolute Gasteiger partial charge is 0.133 e. The van der Waals surface area contributed by atoms with Crippen molar-refractivity contribution in [1.29, 1.82) is 0 Å². The maximum Gasteiger partial charge on any atom is 0.133 e. The first-order chi connectivity index (χ1) is 11.9. The zero-order valence-corrected chi connectivity index (χ0v) is 14.1. The summed E-state index contributed by atoms with van der Waals surface area (Å²) in [5, 5.41) is 0. The first-order valence-electron chi connectivity index (χ1n) is 9.30. The van der Waals surface area contributed by atoms with Gasteiger partial charge in [0.15, 0.2) is 0 Å². The summed E-state index contributed by atoms with van der Waals surface area (Å²) < 4.78 is 6.32. The van der Waals surface area contributed by atoms with Gasteiger partial charge >= 0.3 is 0 Å². The molecule has 3 nitrogen and oxygen atoms in total. The van der Waals surface area contributed by atoms with Crippen molar-refractivity contribution in [1.82, 2.24) is 0 Å². The summed E-state index contributed by atoms with van der Waals surface area (Å²) in [5.41, 5.74) is 5.23. The summed E-state index contributed by atoms with van der Waals surface area (Å²) in [6, 6.07) is 13.5. The van der Waals surface area contributed by atoms with E-state index in [2.05, 4.69) is 46.2 Å². The second-order valence-corrected chi connectivity index (χ2v) is 7.25. The van der Waals surface area contributed by atoms with E-state index in [1.165, 1.54) is 74.4 Å². The summed E-state index contributed by atoms with van der Waals surface area (Å²) in [7, 11) is 0. The minimum Gasteiger partial charge on any atom is -0.457 e. The highest BCUT2D eigenvalue weighted by atomic mass is 16.5. The van der Waals surface area contributed by atoms with Gasteiger partial charge in [-0.05, 0) is 48.9 Å². The molecule has 0 saturated carbocycles. The van der Waals surface area contributed by atoms with E-state index in [1.807, 2.05) is 0 Å². The van der Waals surface area contributed by atoms with Crippen LogP contribution in [0.5, 0.6) is 11.5 Å². The summed E-state index contributed by atoms with van der Waals surface area (Å²) >= 11 is 0. The Kier molecular flexibility index (Phi) is 3.39. The third-order valence-electron chi connectivity index (χ3n) is 5.64. The van der Waals surface area contributed by atoms with E-state index >= 15 is 0 Å². The van der Waals surface area contributed by atoms with E-state index in [0.717, 1.165) is 17.9 Å². The molecule has 0 bridgehead atoms. The number of hydrogen-bond acceptors (Lipinski definition) is 3. The molecule has 2 fully saturated rings. The Morgan fingerprint density at radius 1 is 0.625 bits per heavy atom. The molecule has 2 aromatic carbocycles. The molecule has 0 unspecified atom stereocenters. The lowest BCUT2D eigenvalue weighted by atomic mass is 9.99. The SMILES string of the molecule is c1cc2c(cc1N1CCCC1)Oc1cc(N3CCCC3)ccc1C2. The highest BCUT2D eigenvalue weighted by molar-refractivity contribution is 5.62. The number of nitrogens with zero attached hydrogens (tertiary/aromatic N) is 2. The van der Waals surface area contributed by atoms with Gasteiger partial charge in [-0.1, -0.05) is 12.1 Å². The van der Waals surface area contributed by atoms with Crippen molar-refractivity contribution < 1.29 is 4.74 Å². The fraction of sp³-hybridized carbons (Fsp3) is 0.429. The topological polar surface area (TPSA) is 15.7 Å². The largest absolute Gasteiger partial charge is 0.457 e. The van der Waals surface area contributed by atoms with Gasteiger partial charge in [0.05, 0.1) is 0 Å². The first kappa shape index (κ1) is 14.2. The first-order valence-corrected chi connectivity index (χ1v) is 9.30. The van der Waals surface area contributed by atoms with Gasteiger partial charge in [-0.15, -0.1) is 0 Å². The normalized spacial score (nSPS) is 19.2. The molecule has 124 valence electrons. The van der Waals surface area contributed by atoms with Crippen LogP contribution in [0.15, 0.2) is 36.4 Å². The van der Waals surface area contributed by atoms with E-state index in [0.29, 0.717) is 0 Å². The Bertz CT molecular complexity index is 695. The van der Waals surface area contributed by atoms with E-state index in [-0.39, 0.29) is 0 Å². The predicted octanol–water partition coefficient (Wildman–Crippen LogP) is 4.58. The molecule has 0 N–H and O–H groups in total. The van der Waals surface area contributed by atoms with Crippen LogP contribution >= 0.6 is 0 Å².